The maximum absolute atomic E-state index is 4.30. The number of rotatable bonds is 3. The molecule has 0 atom stereocenters. The fraction of sp³-hybridized carbons (Fsp3) is 0.500. The quantitative estimate of drug-likeness (QED) is 0.753. The molecule has 0 aliphatic carbocycles. The number of hydrogen-bond acceptors (Lipinski definition) is 4. The molecule has 14 heavy (non-hydrogen) atoms. The molecule has 0 fully saturated rings. The third-order valence-corrected chi connectivity index (χ3v) is 1.78. The Kier molecular flexibility index (Phi) is 2.26. The van der Waals surface area contributed by atoms with Gasteiger partial charge in [-0.05, 0) is 5.92 Å². The fourth-order valence-corrected chi connectivity index (χ4v) is 1.20. The second-order valence-electron chi connectivity index (χ2n) is 3.56. The Morgan fingerprint density at radius 1 is 1.36 bits per heavy atom. The van der Waals surface area contributed by atoms with E-state index in [1.54, 1.807) is 6.20 Å². The summed E-state index contributed by atoms with van der Waals surface area (Å²) in [4.78, 5) is 4.30. The molecule has 0 bridgehead atoms. The Labute approximate surface area is 81.2 Å². The third kappa shape index (κ3) is 1.78. The number of aromatic amines is 2. The first-order valence-corrected chi connectivity index (χ1v) is 4.53. The largest absolute Gasteiger partial charge is 0.263 e. The van der Waals surface area contributed by atoms with Crippen molar-refractivity contribution >= 4 is 0 Å². The molecule has 0 spiro atoms. The highest BCUT2D eigenvalue weighted by Crippen LogP contribution is 2.10. The predicted octanol–water partition coefficient (Wildman–Crippen LogP) is 0.788. The Bertz CT molecular complexity index is 388. The number of hydrogen-bond donors (Lipinski definition) is 2. The number of nitrogens with one attached hydrogen (secondary N) is 2. The highest BCUT2D eigenvalue weighted by atomic mass is 15.3. The molecular formula is C8H12N6. The maximum atomic E-state index is 4.30. The van der Waals surface area contributed by atoms with Crippen LogP contribution in [0.25, 0.3) is 11.5 Å². The van der Waals surface area contributed by atoms with Crippen LogP contribution in [-0.4, -0.2) is 30.6 Å². The summed E-state index contributed by atoms with van der Waals surface area (Å²) in [5.74, 6) is 2.04. The molecule has 74 valence electrons. The van der Waals surface area contributed by atoms with Crippen LogP contribution in [0.1, 0.15) is 19.7 Å². The molecule has 2 aromatic rings. The molecule has 2 N–H and O–H groups in total. The maximum Gasteiger partial charge on any atom is 0.203 e. The molecule has 0 saturated carbocycles. The van der Waals surface area contributed by atoms with Crippen LogP contribution in [-0.2, 0) is 6.42 Å². The number of nitrogens with zero attached hydrogens (tertiary/aromatic N) is 4. The van der Waals surface area contributed by atoms with Crippen molar-refractivity contribution in [3.63, 3.8) is 0 Å². The second kappa shape index (κ2) is 3.57. The average molecular weight is 192 g/mol. The van der Waals surface area contributed by atoms with Crippen molar-refractivity contribution in [2.75, 3.05) is 0 Å². The lowest BCUT2D eigenvalue weighted by molar-refractivity contribution is 0.622. The van der Waals surface area contributed by atoms with Crippen LogP contribution in [0, 0.1) is 5.92 Å². The van der Waals surface area contributed by atoms with Gasteiger partial charge in [0.05, 0.1) is 6.20 Å². The lowest BCUT2D eigenvalue weighted by Gasteiger charge is -1.97. The summed E-state index contributed by atoms with van der Waals surface area (Å²) in [5, 5.41) is 17.1. The van der Waals surface area contributed by atoms with Crippen LogP contribution >= 0.6 is 0 Å². The average Bonchev–Trinajstić information content (AvgIpc) is 2.69. The number of H-pyrrole nitrogens is 2. The van der Waals surface area contributed by atoms with Gasteiger partial charge in [-0.2, -0.15) is 20.5 Å². The number of aromatic nitrogens is 6. The molecule has 0 saturated heterocycles. The van der Waals surface area contributed by atoms with Crippen molar-refractivity contribution in [3.05, 3.63) is 12.0 Å². The van der Waals surface area contributed by atoms with Gasteiger partial charge in [0.2, 0.25) is 5.82 Å². The molecule has 6 heteroatoms. The summed E-state index contributed by atoms with van der Waals surface area (Å²) in [6, 6.07) is 0. The van der Waals surface area contributed by atoms with E-state index in [0.29, 0.717) is 17.4 Å². The van der Waals surface area contributed by atoms with Gasteiger partial charge < -0.3 is 0 Å². The second-order valence-corrected chi connectivity index (χ2v) is 3.56. The summed E-state index contributed by atoms with van der Waals surface area (Å²) in [6.07, 6.45) is 2.49. The van der Waals surface area contributed by atoms with Gasteiger partial charge in [0.1, 0.15) is 5.82 Å². The van der Waals surface area contributed by atoms with E-state index in [1.807, 2.05) is 0 Å². The highest BCUT2D eigenvalue weighted by Gasteiger charge is 2.08. The van der Waals surface area contributed by atoms with Crippen molar-refractivity contribution in [2.45, 2.75) is 20.3 Å². The molecule has 0 unspecified atom stereocenters. The summed E-state index contributed by atoms with van der Waals surface area (Å²) in [5.41, 5.74) is 0.663. The molecule has 2 aromatic heterocycles. The zero-order chi connectivity index (χ0) is 9.97. The molecule has 2 heterocycles. The van der Waals surface area contributed by atoms with Crippen LogP contribution in [0.4, 0.5) is 0 Å². The van der Waals surface area contributed by atoms with E-state index in [-0.39, 0.29) is 0 Å². The molecular weight excluding hydrogens is 180 g/mol. The van der Waals surface area contributed by atoms with Crippen LogP contribution < -0.4 is 0 Å². The van der Waals surface area contributed by atoms with E-state index in [2.05, 4.69) is 44.4 Å². The van der Waals surface area contributed by atoms with Gasteiger partial charge in [0.15, 0.2) is 5.69 Å². The summed E-state index contributed by atoms with van der Waals surface area (Å²) >= 11 is 0. The van der Waals surface area contributed by atoms with E-state index in [4.69, 9.17) is 0 Å². The first-order chi connectivity index (χ1) is 6.75. The van der Waals surface area contributed by atoms with Crippen molar-refractivity contribution in [3.8, 4) is 11.5 Å². The van der Waals surface area contributed by atoms with Crippen molar-refractivity contribution in [1.82, 2.24) is 30.6 Å². The molecule has 6 nitrogen and oxygen atoms in total. The van der Waals surface area contributed by atoms with Gasteiger partial charge in [-0.15, -0.1) is 0 Å². The lowest BCUT2D eigenvalue weighted by atomic mass is 10.1. The van der Waals surface area contributed by atoms with Crippen molar-refractivity contribution in [1.29, 1.82) is 0 Å². The van der Waals surface area contributed by atoms with Crippen LogP contribution in [0.15, 0.2) is 6.20 Å². The van der Waals surface area contributed by atoms with E-state index < -0.39 is 0 Å². The zero-order valence-electron chi connectivity index (χ0n) is 8.15. The molecule has 0 aliphatic rings. The van der Waals surface area contributed by atoms with Gasteiger partial charge in [0.25, 0.3) is 0 Å². The fourth-order valence-electron chi connectivity index (χ4n) is 1.20. The molecule has 0 amide bonds. The first-order valence-electron chi connectivity index (χ1n) is 4.53. The molecule has 2 rings (SSSR count). The predicted molar refractivity (Wildman–Crippen MR) is 50.3 cm³/mol. The smallest absolute Gasteiger partial charge is 0.203 e. The van der Waals surface area contributed by atoms with E-state index in [9.17, 15) is 0 Å². The van der Waals surface area contributed by atoms with E-state index in [0.717, 1.165) is 12.2 Å². The molecule has 0 radical (unpaired) electrons. The van der Waals surface area contributed by atoms with Crippen molar-refractivity contribution < 1.29 is 0 Å². The van der Waals surface area contributed by atoms with Crippen molar-refractivity contribution in [2.24, 2.45) is 5.92 Å². The van der Waals surface area contributed by atoms with Crippen LogP contribution in [0.5, 0.6) is 0 Å². The Morgan fingerprint density at radius 3 is 2.86 bits per heavy atom. The Hall–Kier alpha value is -1.72. The summed E-state index contributed by atoms with van der Waals surface area (Å²) in [6.45, 7) is 4.27. The Morgan fingerprint density at radius 2 is 2.21 bits per heavy atom. The first kappa shape index (κ1) is 8.86. The normalized spacial score (nSPS) is 11.1. The minimum Gasteiger partial charge on any atom is -0.263 e. The van der Waals surface area contributed by atoms with Gasteiger partial charge in [-0.25, -0.2) is 4.98 Å². The van der Waals surface area contributed by atoms with Gasteiger partial charge in [-0.1, -0.05) is 13.8 Å². The standard InChI is InChI=1S/C8H12N6/c1-5(2)3-7-10-8(13-12-7)6-4-9-14-11-6/h4-5H,3H2,1-2H3,(H,9,11,14)(H,10,12,13). The van der Waals surface area contributed by atoms with Gasteiger partial charge >= 0.3 is 0 Å². The zero-order valence-corrected chi connectivity index (χ0v) is 8.15. The summed E-state index contributed by atoms with van der Waals surface area (Å²) in [7, 11) is 0. The SMILES string of the molecule is CC(C)Cc1nc(-c2cn[nH]n2)n[nH]1. The van der Waals surface area contributed by atoms with Gasteiger partial charge in [0, 0.05) is 6.42 Å². The van der Waals surface area contributed by atoms with E-state index in [1.165, 1.54) is 0 Å². The summed E-state index contributed by atoms with van der Waals surface area (Å²) < 4.78 is 0. The minimum absolute atomic E-state index is 0.563. The minimum atomic E-state index is 0.563. The van der Waals surface area contributed by atoms with Gasteiger partial charge in [-0.3, -0.25) is 5.10 Å². The van der Waals surface area contributed by atoms with E-state index >= 15 is 0 Å². The Balaban J connectivity index is 2.18. The highest BCUT2D eigenvalue weighted by molar-refractivity contribution is 5.45. The topological polar surface area (TPSA) is 83.1 Å². The third-order valence-electron chi connectivity index (χ3n) is 1.78. The molecule has 0 aromatic carbocycles. The lowest BCUT2D eigenvalue weighted by Crippen LogP contribution is -1.95. The monoisotopic (exact) mass is 192 g/mol. The molecule has 0 aliphatic heterocycles. The van der Waals surface area contributed by atoms with Crippen LogP contribution in [0.3, 0.4) is 0 Å². The van der Waals surface area contributed by atoms with Crippen LogP contribution in [0.2, 0.25) is 0 Å².